The number of carbonyl (C=O) groups is 1. The highest BCUT2D eigenvalue weighted by Gasteiger charge is 2.52. The Labute approximate surface area is 127 Å². The van der Waals surface area contributed by atoms with Crippen molar-refractivity contribution in [2.75, 3.05) is 11.6 Å². The van der Waals surface area contributed by atoms with Crippen molar-refractivity contribution in [1.29, 1.82) is 5.41 Å². The van der Waals surface area contributed by atoms with Crippen LogP contribution in [0.1, 0.15) is 11.7 Å². The van der Waals surface area contributed by atoms with Gasteiger partial charge in [-0.05, 0) is 12.1 Å². The Morgan fingerprint density at radius 1 is 1.38 bits per heavy atom. The third kappa shape index (κ3) is 1.56. The number of Topliss-reactive ketones (excluding diaryl/α,β-unsaturated/α-hetero) is 1. The van der Waals surface area contributed by atoms with E-state index in [9.17, 15) is 4.79 Å². The minimum atomic E-state index is -0.432. The van der Waals surface area contributed by atoms with E-state index >= 15 is 0 Å². The van der Waals surface area contributed by atoms with Gasteiger partial charge < -0.3 is 4.90 Å². The molecule has 2 aliphatic heterocycles. The lowest BCUT2D eigenvalue weighted by atomic mass is 10.0. The van der Waals surface area contributed by atoms with Crippen LogP contribution in [0, 0.1) is 5.41 Å². The molecule has 2 aliphatic rings. The number of hydrogen-bond donors (Lipinski definition) is 1. The number of aromatic nitrogens is 2. The summed E-state index contributed by atoms with van der Waals surface area (Å²) in [5.41, 5.74) is 2.19. The summed E-state index contributed by atoms with van der Waals surface area (Å²) in [6, 6.07) is 8.01. The van der Waals surface area contributed by atoms with Crippen molar-refractivity contribution in [1.82, 2.24) is 9.47 Å². The molecule has 6 heteroatoms. The summed E-state index contributed by atoms with van der Waals surface area (Å²) >= 11 is 1.73. The van der Waals surface area contributed by atoms with Crippen molar-refractivity contribution in [2.24, 2.45) is 14.1 Å². The molecule has 4 rings (SSSR count). The number of thioether (sulfide) groups is 1. The quantitative estimate of drug-likeness (QED) is 0.800. The lowest BCUT2D eigenvalue weighted by Gasteiger charge is -2.14. The lowest BCUT2D eigenvalue weighted by Crippen LogP contribution is -2.38. The van der Waals surface area contributed by atoms with Crippen molar-refractivity contribution in [2.45, 2.75) is 12.0 Å². The maximum absolute atomic E-state index is 12.8. The van der Waals surface area contributed by atoms with E-state index in [0.717, 1.165) is 28.5 Å². The van der Waals surface area contributed by atoms with Crippen LogP contribution < -0.4 is 4.57 Å². The first-order chi connectivity index (χ1) is 10.1. The summed E-state index contributed by atoms with van der Waals surface area (Å²) in [6.07, 6.45) is 0. The molecule has 2 saturated heterocycles. The predicted molar refractivity (Wildman–Crippen MR) is 82.5 cm³/mol. The molecule has 0 aliphatic carbocycles. The molecule has 0 saturated carbocycles. The maximum atomic E-state index is 12.8. The smallest absolute Gasteiger partial charge is 0.275 e. The number of benzene rings is 1. The minimum absolute atomic E-state index is 0.106. The van der Waals surface area contributed by atoms with Gasteiger partial charge in [0.1, 0.15) is 11.9 Å². The van der Waals surface area contributed by atoms with Crippen LogP contribution in [0.5, 0.6) is 0 Å². The molecule has 1 N–H and O–H groups in total. The van der Waals surface area contributed by atoms with E-state index in [0.29, 0.717) is 5.84 Å². The molecule has 21 heavy (non-hydrogen) atoms. The number of amidine groups is 1. The zero-order chi connectivity index (χ0) is 14.7. The number of para-hydroxylation sites is 2. The molecule has 108 valence electrons. The topological polar surface area (TPSA) is 53.0 Å². The number of hydrogen-bond acceptors (Lipinski definition) is 3. The Hall–Kier alpha value is -1.82. The number of aryl methyl sites for hydroxylation is 2. The van der Waals surface area contributed by atoms with E-state index in [1.807, 2.05) is 31.1 Å². The average molecular weight is 301 g/mol. The third-order valence-electron chi connectivity index (χ3n) is 4.63. The van der Waals surface area contributed by atoms with E-state index in [2.05, 4.69) is 21.3 Å². The molecule has 2 fully saturated rings. The molecule has 1 aromatic carbocycles. The zero-order valence-corrected chi connectivity index (χ0v) is 12.9. The highest BCUT2D eigenvalue weighted by Crippen LogP contribution is 2.36. The van der Waals surface area contributed by atoms with Crippen LogP contribution in [0.15, 0.2) is 24.3 Å². The van der Waals surface area contributed by atoms with Gasteiger partial charge >= 0.3 is 0 Å². The van der Waals surface area contributed by atoms with E-state index in [-0.39, 0.29) is 11.8 Å². The van der Waals surface area contributed by atoms with Crippen LogP contribution in [-0.2, 0) is 18.9 Å². The van der Waals surface area contributed by atoms with Crippen LogP contribution >= 0.6 is 11.8 Å². The normalized spacial score (nSPS) is 25.1. The molecular weight excluding hydrogens is 284 g/mol. The van der Waals surface area contributed by atoms with Gasteiger partial charge in [-0.2, -0.15) is 0 Å². The largest absolute Gasteiger partial charge is 0.339 e. The number of fused-ring (bicyclic) bond motifs is 2. The Kier molecular flexibility index (Phi) is 2.66. The van der Waals surface area contributed by atoms with Gasteiger partial charge in [-0.15, -0.1) is 11.8 Å². The van der Waals surface area contributed by atoms with E-state index in [1.165, 1.54) is 0 Å². The molecular formula is C15H17N4OS+. The van der Waals surface area contributed by atoms with Gasteiger partial charge in [0.25, 0.3) is 5.82 Å². The second kappa shape index (κ2) is 4.34. The van der Waals surface area contributed by atoms with Gasteiger partial charge in [0.2, 0.25) is 0 Å². The molecule has 1 aromatic heterocycles. The highest BCUT2D eigenvalue weighted by atomic mass is 32.2. The fourth-order valence-electron chi connectivity index (χ4n) is 3.55. The number of rotatable bonds is 1. The standard InChI is InChI=1S/C15H17N4OS/c1-17-9-5-3-4-6-10(9)18(2)15(17)12-13(20)11-7-21-8-19(11)14(12)16/h3-6,11-12,16H,7-8H2,1-2H3/q+1. The van der Waals surface area contributed by atoms with Gasteiger partial charge in [0, 0.05) is 5.75 Å². The summed E-state index contributed by atoms with van der Waals surface area (Å²) in [4.78, 5) is 14.7. The fraction of sp³-hybridized carbons (Fsp3) is 0.400. The zero-order valence-electron chi connectivity index (χ0n) is 12.0. The van der Waals surface area contributed by atoms with Crippen molar-refractivity contribution >= 4 is 34.4 Å². The van der Waals surface area contributed by atoms with Crippen LogP contribution in [-0.4, -0.2) is 38.8 Å². The fourth-order valence-corrected chi connectivity index (χ4v) is 4.74. The SMILES string of the molecule is Cn1c(C2C(=N)N3CSCC3C2=O)[n+](C)c2ccccc21. The number of nitrogens with zero attached hydrogens (tertiary/aromatic N) is 3. The van der Waals surface area contributed by atoms with Crippen molar-refractivity contribution in [3.8, 4) is 0 Å². The minimum Gasteiger partial charge on any atom is -0.339 e. The average Bonchev–Trinajstić information content (AvgIpc) is 3.12. The maximum Gasteiger partial charge on any atom is 0.275 e. The van der Waals surface area contributed by atoms with Crippen molar-refractivity contribution < 1.29 is 9.36 Å². The Morgan fingerprint density at radius 3 is 2.86 bits per heavy atom. The van der Waals surface area contributed by atoms with Gasteiger partial charge in [-0.25, -0.2) is 9.13 Å². The summed E-state index contributed by atoms with van der Waals surface area (Å²) in [7, 11) is 3.97. The first-order valence-corrected chi connectivity index (χ1v) is 8.16. The molecule has 0 spiro atoms. The monoisotopic (exact) mass is 301 g/mol. The molecule has 3 heterocycles. The number of ketones is 1. The summed E-state index contributed by atoms with van der Waals surface area (Å²) in [5, 5.41) is 8.43. The van der Waals surface area contributed by atoms with Gasteiger partial charge in [-0.3, -0.25) is 10.2 Å². The Bertz CT molecular complexity index is 720. The third-order valence-corrected chi connectivity index (χ3v) is 5.64. The Balaban J connectivity index is 1.91. The summed E-state index contributed by atoms with van der Waals surface area (Å²) < 4.78 is 4.11. The summed E-state index contributed by atoms with van der Waals surface area (Å²) in [5.74, 6) is 2.68. The van der Waals surface area contributed by atoms with Gasteiger partial charge in [0.05, 0.1) is 20.0 Å². The lowest BCUT2D eigenvalue weighted by molar-refractivity contribution is -0.653. The molecule has 5 nitrogen and oxygen atoms in total. The number of nitrogens with one attached hydrogen (secondary N) is 1. The molecule has 2 atom stereocenters. The van der Waals surface area contributed by atoms with Gasteiger partial charge in [-0.1, -0.05) is 12.1 Å². The van der Waals surface area contributed by atoms with E-state index < -0.39 is 5.92 Å². The number of carbonyl (C=O) groups excluding carboxylic acids is 1. The Morgan fingerprint density at radius 2 is 2.14 bits per heavy atom. The summed E-state index contributed by atoms with van der Waals surface area (Å²) in [6.45, 7) is 0. The van der Waals surface area contributed by atoms with E-state index in [1.54, 1.807) is 11.8 Å². The van der Waals surface area contributed by atoms with Crippen LogP contribution in [0.3, 0.4) is 0 Å². The number of imidazole rings is 1. The van der Waals surface area contributed by atoms with Crippen LogP contribution in [0.2, 0.25) is 0 Å². The van der Waals surface area contributed by atoms with Crippen molar-refractivity contribution in [3.63, 3.8) is 0 Å². The van der Waals surface area contributed by atoms with Crippen molar-refractivity contribution in [3.05, 3.63) is 30.1 Å². The molecule has 0 bridgehead atoms. The first-order valence-electron chi connectivity index (χ1n) is 7.01. The molecule has 0 amide bonds. The van der Waals surface area contributed by atoms with Crippen LogP contribution in [0.4, 0.5) is 0 Å². The predicted octanol–water partition coefficient (Wildman–Crippen LogP) is 1.02. The van der Waals surface area contributed by atoms with E-state index in [4.69, 9.17) is 5.41 Å². The molecule has 2 aromatic rings. The first kappa shape index (κ1) is 12.9. The second-order valence-corrected chi connectivity index (χ2v) is 6.67. The molecule has 0 radical (unpaired) electrons. The second-order valence-electron chi connectivity index (χ2n) is 5.67. The van der Waals surface area contributed by atoms with Gasteiger partial charge in [0.15, 0.2) is 22.7 Å². The molecule has 2 unspecified atom stereocenters. The highest BCUT2D eigenvalue weighted by molar-refractivity contribution is 7.99. The van der Waals surface area contributed by atoms with Crippen LogP contribution in [0.25, 0.3) is 11.0 Å².